The Morgan fingerprint density at radius 3 is 2.18 bits per heavy atom. The number of benzene rings is 1. The van der Waals surface area contributed by atoms with Crippen LogP contribution in [0.3, 0.4) is 0 Å². The van der Waals surface area contributed by atoms with Gasteiger partial charge in [-0.05, 0) is 50.5 Å². The first-order valence-corrected chi connectivity index (χ1v) is 7.89. The molecule has 0 atom stereocenters. The molecular weight excluding hydrogens is 268 g/mol. The van der Waals surface area contributed by atoms with Gasteiger partial charge in [-0.25, -0.2) is 0 Å². The summed E-state index contributed by atoms with van der Waals surface area (Å²) in [6.45, 7) is 14.2. The summed E-state index contributed by atoms with van der Waals surface area (Å²) >= 11 is 0. The van der Waals surface area contributed by atoms with Crippen LogP contribution in [0.4, 0.5) is 5.69 Å². The maximum Gasteiger partial charge on any atom is 0.0950 e. The second-order valence-corrected chi connectivity index (χ2v) is 5.21. The van der Waals surface area contributed by atoms with Crippen molar-refractivity contribution in [3.63, 3.8) is 0 Å². The topological polar surface area (TPSA) is 27.0 Å². The van der Waals surface area contributed by atoms with Crippen molar-refractivity contribution in [2.75, 3.05) is 18.0 Å². The number of nitriles is 1. The minimum absolute atomic E-state index is 0.718. The van der Waals surface area contributed by atoms with Crippen LogP contribution in [-0.2, 0) is 0 Å². The van der Waals surface area contributed by atoms with Crippen molar-refractivity contribution in [3.05, 3.63) is 59.7 Å². The summed E-state index contributed by atoms with van der Waals surface area (Å²) in [5, 5.41) is 9.24. The Morgan fingerprint density at radius 1 is 1.14 bits per heavy atom. The van der Waals surface area contributed by atoms with Crippen LogP contribution in [0, 0.1) is 11.3 Å². The van der Waals surface area contributed by atoms with E-state index in [4.69, 9.17) is 0 Å². The van der Waals surface area contributed by atoms with E-state index in [0.717, 1.165) is 41.8 Å². The highest BCUT2D eigenvalue weighted by Crippen LogP contribution is 2.24. The monoisotopic (exact) mass is 294 g/mol. The van der Waals surface area contributed by atoms with Crippen LogP contribution in [0.25, 0.3) is 5.57 Å². The lowest BCUT2D eigenvalue weighted by atomic mass is 9.99. The molecule has 0 aromatic heterocycles. The molecular formula is C20H26N2. The molecule has 0 aliphatic carbocycles. The first kappa shape index (κ1) is 17.8. The third-order valence-electron chi connectivity index (χ3n) is 3.82. The maximum atomic E-state index is 9.24. The zero-order valence-electron chi connectivity index (χ0n) is 14.2. The minimum atomic E-state index is 0.718. The summed E-state index contributed by atoms with van der Waals surface area (Å²) in [7, 11) is 0. The van der Waals surface area contributed by atoms with Gasteiger partial charge in [0.15, 0.2) is 0 Å². The zero-order chi connectivity index (χ0) is 16.5. The average Bonchev–Trinajstić information content (AvgIpc) is 2.56. The molecule has 0 aliphatic rings. The van der Waals surface area contributed by atoms with Gasteiger partial charge in [-0.1, -0.05) is 43.4 Å². The third-order valence-corrected chi connectivity index (χ3v) is 3.82. The van der Waals surface area contributed by atoms with E-state index in [0.29, 0.717) is 0 Å². The van der Waals surface area contributed by atoms with E-state index in [1.807, 2.05) is 19.1 Å². The SMILES string of the molecule is C=C(C=CC(=C(C)C#N)c1ccc(N(CC)CC)cc1)CC. The van der Waals surface area contributed by atoms with Gasteiger partial charge in [0.25, 0.3) is 0 Å². The van der Waals surface area contributed by atoms with Crippen LogP contribution in [-0.4, -0.2) is 13.1 Å². The summed E-state index contributed by atoms with van der Waals surface area (Å²) in [5.41, 5.74) is 5.02. The summed E-state index contributed by atoms with van der Waals surface area (Å²) in [5.74, 6) is 0. The summed E-state index contributed by atoms with van der Waals surface area (Å²) in [6, 6.07) is 10.7. The lowest BCUT2D eigenvalue weighted by Crippen LogP contribution is -2.21. The average molecular weight is 294 g/mol. The fourth-order valence-electron chi connectivity index (χ4n) is 2.26. The van der Waals surface area contributed by atoms with Crippen LogP contribution >= 0.6 is 0 Å². The van der Waals surface area contributed by atoms with Gasteiger partial charge in [-0.3, -0.25) is 0 Å². The van der Waals surface area contributed by atoms with Crippen molar-refractivity contribution in [3.8, 4) is 6.07 Å². The quantitative estimate of drug-likeness (QED) is 0.500. The number of rotatable bonds is 7. The molecule has 0 saturated heterocycles. The van der Waals surface area contributed by atoms with E-state index in [2.05, 4.69) is 62.6 Å². The summed E-state index contributed by atoms with van der Waals surface area (Å²) in [4.78, 5) is 2.30. The maximum absolute atomic E-state index is 9.24. The molecule has 0 N–H and O–H groups in total. The largest absolute Gasteiger partial charge is 0.372 e. The smallest absolute Gasteiger partial charge is 0.0950 e. The molecule has 0 spiro atoms. The minimum Gasteiger partial charge on any atom is -0.372 e. The second-order valence-electron chi connectivity index (χ2n) is 5.21. The van der Waals surface area contributed by atoms with Crippen LogP contribution < -0.4 is 4.90 Å². The molecule has 1 rings (SSSR count). The summed E-state index contributed by atoms with van der Waals surface area (Å²) in [6.07, 6.45) is 4.90. The fourth-order valence-corrected chi connectivity index (χ4v) is 2.26. The van der Waals surface area contributed by atoms with Gasteiger partial charge in [-0.15, -0.1) is 0 Å². The molecule has 1 aromatic rings. The first-order chi connectivity index (χ1) is 10.6. The van der Waals surface area contributed by atoms with Crippen LogP contribution in [0.5, 0.6) is 0 Å². The summed E-state index contributed by atoms with van der Waals surface area (Å²) < 4.78 is 0. The molecule has 0 fully saturated rings. The Hall–Kier alpha value is -2.27. The number of hydrogen-bond donors (Lipinski definition) is 0. The van der Waals surface area contributed by atoms with Gasteiger partial charge >= 0.3 is 0 Å². The van der Waals surface area contributed by atoms with Crippen molar-refractivity contribution in [2.24, 2.45) is 0 Å². The van der Waals surface area contributed by atoms with Gasteiger partial charge in [0.1, 0.15) is 0 Å². The molecule has 2 heteroatoms. The highest BCUT2D eigenvalue weighted by molar-refractivity contribution is 5.79. The highest BCUT2D eigenvalue weighted by Gasteiger charge is 2.05. The third kappa shape index (κ3) is 4.63. The fraction of sp³-hybridized carbons (Fsp3) is 0.350. The van der Waals surface area contributed by atoms with Gasteiger partial charge < -0.3 is 4.90 Å². The molecule has 0 heterocycles. The predicted octanol–water partition coefficient (Wildman–Crippen LogP) is 5.35. The van der Waals surface area contributed by atoms with Crippen molar-refractivity contribution >= 4 is 11.3 Å². The van der Waals surface area contributed by atoms with Crippen molar-refractivity contribution in [1.82, 2.24) is 0 Å². The van der Waals surface area contributed by atoms with Crippen LogP contribution in [0.15, 0.2) is 54.1 Å². The molecule has 0 bridgehead atoms. The van der Waals surface area contributed by atoms with Crippen LogP contribution in [0.1, 0.15) is 39.7 Å². The number of allylic oxidation sites excluding steroid dienone is 5. The molecule has 2 nitrogen and oxygen atoms in total. The Balaban J connectivity index is 3.15. The molecule has 0 radical (unpaired) electrons. The van der Waals surface area contributed by atoms with Gasteiger partial charge in [-0.2, -0.15) is 5.26 Å². The molecule has 22 heavy (non-hydrogen) atoms. The Morgan fingerprint density at radius 2 is 1.73 bits per heavy atom. The van der Waals surface area contributed by atoms with E-state index in [1.54, 1.807) is 0 Å². The van der Waals surface area contributed by atoms with Gasteiger partial charge in [0, 0.05) is 24.4 Å². The number of nitrogens with zero attached hydrogens (tertiary/aromatic N) is 2. The second kappa shape index (κ2) is 8.89. The van der Waals surface area contributed by atoms with Crippen molar-refractivity contribution in [2.45, 2.75) is 34.1 Å². The first-order valence-electron chi connectivity index (χ1n) is 7.89. The Bertz CT molecular complexity index is 594. The number of hydrogen-bond acceptors (Lipinski definition) is 2. The number of anilines is 1. The van der Waals surface area contributed by atoms with Crippen LogP contribution in [0.2, 0.25) is 0 Å². The Kier molecular flexibility index (Phi) is 7.19. The predicted molar refractivity (Wildman–Crippen MR) is 96.8 cm³/mol. The van der Waals surface area contributed by atoms with Crippen molar-refractivity contribution in [1.29, 1.82) is 5.26 Å². The molecule has 0 amide bonds. The lowest BCUT2D eigenvalue weighted by Gasteiger charge is -2.21. The standard InChI is InChI=1S/C20H26N2/c1-6-16(4)9-14-20(17(5)15-21)18-10-12-19(13-11-18)22(7-2)8-3/h9-14H,4,6-8H2,1-3,5H3. The normalized spacial score (nSPS) is 12.0. The van der Waals surface area contributed by atoms with Gasteiger partial charge in [0.2, 0.25) is 0 Å². The zero-order valence-corrected chi connectivity index (χ0v) is 14.2. The van der Waals surface area contributed by atoms with E-state index >= 15 is 0 Å². The van der Waals surface area contributed by atoms with E-state index < -0.39 is 0 Å². The lowest BCUT2D eigenvalue weighted by molar-refractivity contribution is 0.866. The molecule has 0 unspecified atom stereocenters. The van der Waals surface area contributed by atoms with E-state index in [-0.39, 0.29) is 0 Å². The molecule has 1 aromatic carbocycles. The van der Waals surface area contributed by atoms with Crippen molar-refractivity contribution < 1.29 is 0 Å². The van der Waals surface area contributed by atoms with E-state index in [1.165, 1.54) is 5.69 Å². The molecule has 0 saturated carbocycles. The van der Waals surface area contributed by atoms with Gasteiger partial charge in [0.05, 0.1) is 6.07 Å². The Labute approximate surface area is 135 Å². The molecule has 116 valence electrons. The highest BCUT2D eigenvalue weighted by atomic mass is 15.1. The molecule has 0 aliphatic heterocycles. The van der Waals surface area contributed by atoms with E-state index in [9.17, 15) is 5.26 Å².